The number of hydrogen-bond donors (Lipinski definition) is 0. The predicted molar refractivity (Wildman–Crippen MR) is 147 cm³/mol. The fraction of sp³-hybridized carbons (Fsp3) is 0.312. The summed E-state index contributed by atoms with van der Waals surface area (Å²) in [6.45, 7) is 4.98. The lowest BCUT2D eigenvalue weighted by Gasteiger charge is -2.13. The van der Waals surface area contributed by atoms with Crippen LogP contribution >= 0.6 is 0 Å². The van der Waals surface area contributed by atoms with Crippen molar-refractivity contribution in [3.63, 3.8) is 0 Å². The van der Waals surface area contributed by atoms with E-state index in [1.165, 1.54) is 0 Å². The fourth-order valence-electron chi connectivity index (χ4n) is 4.96. The lowest BCUT2D eigenvalue weighted by atomic mass is 9.98. The summed E-state index contributed by atoms with van der Waals surface area (Å²) in [4.78, 5) is 43.5. The molecule has 0 saturated heterocycles. The minimum absolute atomic E-state index is 0.218. The van der Waals surface area contributed by atoms with Crippen LogP contribution in [0.2, 0.25) is 0 Å². The van der Waals surface area contributed by atoms with E-state index in [9.17, 15) is 14.4 Å². The smallest absolute Gasteiger partial charge is 0.305 e. The third kappa shape index (κ3) is 5.03. The standard InChI is InChI=1S/C32H31NO5/c1-3-20(4-2)19-38-28(34)13-8-16-37-27-12-7-11-21-14-15-26(33-30(21)27)29-31(35)24-17-22-9-5-6-10-23(22)18-25(24)32(29)36/h5-7,9-12,14-15,17-18,20,29H,3-4,8,13,16,19H2,1-2H3. The Hall–Kier alpha value is -4.06. The first-order valence-corrected chi connectivity index (χ1v) is 13.3. The lowest BCUT2D eigenvalue weighted by Crippen LogP contribution is -2.15. The first-order chi connectivity index (χ1) is 18.5. The lowest BCUT2D eigenvalue weighted by molar-refractivity contribution is -0.145. The highest BCUT2D eigenvalue weighted by atomic mass is 16.5. The molecule has 5 rings (SSSR count). The Morgan fingerprint density at radius 2 is 1.53 bits per heavy atom. The highest BCUT2D eigenvalue weighted by Crippen LogP contribution is 2.37. The Morgan fingerprint density at radius 3 is 2.18 bits per heavy atom. The SMILES string of the molecule is CCC(CC)COC(=O)CCCOc1cccc2ccc(C3C(=O)c4cc5ccccc5cc4C3=O)nc12. The summed E-state index contributed by atoms with van der Waals surface area (Å²) in [7, 11) is 0. The molecule has 0 fully saturated rings. The average molecular weight is 510 g/mol. The quantitative estimate of drug-likeness (QED) is 0.135. The number of esters is 1. The van der Waals surface area contributed by atoms with Gasteiger partial charge in [-0.1, -0.05) is 69.2 Å². The molecule has 0 unspecified atom stereocenters. The zero-order valence-electron chi connectivity index (χ0n) is 21.7. The van der Waals surface area contributed by atoms with E-state index >= 15 is 0 Å². The summed E-state index contributed by atoms with van der Waals surface area (Å²) in [5.41, 5.74) is 1.89. The number of fused-ring (bicyclic) bond motifs is 3. The van der Waals surface area contributed by atoms with Crippen molar-refractivity contribution in [2.24, 2.45) is 5.92 Å². The van der Waals surface area contributed by atoms with Crippen molar-refractivity contribution in [3.8, 4) is 5.75 Å². The molecule has 0 radical (unpaired) electrons. The molecule has 1 aromatic heterocycles. The monoisotopic (exact) mass is 509 g/mol. The maximum Gasteiger partial charge on any atom is 0.305 e. The molecule has 1 heterocycles. The van der Waals surface area contributed by atoms with Crippen LogP contribution in [0.15, 0.2) is 66.7 Å². The van der Waals surface area contributed by atoms with Crippen LogP contribution in [0.1, 0.15) is 71.9 Å². The van der Waals surface area contributed by atoms with E-state index in [0.29, 0.717) is 53.6 Å². The van der Waals surface area contributed by atoms with Gasteiger partial charge in [0.25, 0.3) is 0 Å². The Morgan fingerprint density at radius 1 is 0.868 bits per heavy atom. The number of aromatic nitrogens is 1. The van der Waals surface area contributed by atoms with Gasteiger partial charge in [0, 0.05) is 22.9 Å². The normalized spacial score (nSPS) is 13.4. The van der Waals surface area contributed by atoms with Crippen LogP contribution in [0.25, 0.3) is 21.7 Å². The molecule has 0 N–H and O–H groups in total. The molecule has 0 amide bonds. The van der Waals surface area contributed by atoms with Gasteiger partial charge in [0.2, 0.25) is 0 Å². The molecule has 38 heavy (non-hydrogen) atoms. The summed E-state index contributed by atoms with van der Waals surface area (Å²) in [6, 6.07) is 20.5. The van der Waals surface area contributed by atoms with Crippen LogP contribution < -0.4 is 4.74 Å². The van der Waals surface area contributed by atoms with E-state index in [1.54, 1.807) is 18.2 Å². The van der Waals surface area contributed by atoms with Gasteiger partial charge in [0.15, 0.2) is 11.6 Å². The molecule has 1 aliphatic carbocycles. The molecule has 0 saturated carbocycles. The second-order valence-electron chi connectivity index (χ2n) is 9.79. The third-order valence-corrected chi connectivity index (χ3v) is 7.36. The zero-order valence-corrected chi connectivity index (χ0v) is 21.7. The number of carbonyl (C=O) groups excluding carboxylic acids is 3. The van der Waals surface area contributed by atoms with Crippen molar-refractivity contribution in [2.75, 3.05) is 13.2 Å². The Labute approximate surface area is 222 Å². The Kier molecular flexibility index (Phi) is 7.50. The largest absolute Gasteiger partial charge is 0.491 e. The van der Waals surface area contributed by atoms with Crippen molar-refractivity contribution >= 4 is 39.2 Å². The molecule has 1 aliphatic rings. The Balaban J connectivity index is 1.30. The zero-order chi connectivity index (χ0) is 26.6. The highest BCUT2D eigenvalue weighted by Gasteiger charge is 2.40. The number of para-hydroxylation sites is 1. The molecule has 0 bridgehead atoms. The van der Waals surface area contributed by atoms with Crippen LogP contribution in [0.3, 0.4) is 0 Å². The molecular weight excluding hydrogens is 478 g/mol. The average Bonchev–Trinajstić information content (AvgIpc) is 3.18. The van der Waals surface area contributed by atoms with Crippen molar-refractivity contribution in [2.45, 2.75) is 45.4 Å². The van der Waals surface area contributed by atoms with Crippen LogP contribution in [0.5, 0.6) is 5.75 Å². The molecule has 6 heteroatoms. The van der Waals surface area contributed by atoms with Crippen LogP contribution in [-0.4, -0.2) is 35.7 Å². The number of hydrogen-bond acceptors (Lipinski definition) is 6. The summed E-state index contributed by atoms with van der Waals surface area (Å²) in [6.07, 6.45) is 2.77. The number of pyridine rings is 1. The third-order valence-electron chi connectivity index (χ3n) is 7.36. The predicted octanol–water partition coefficient (Wildman–Crippen LogP) is 6.69. The molecule has 194 valence electrons. The van der Waals surface area contributed by atoms with Crippen molar-refractivity contribution in [1.29, 1.82) is 0 Å². The van der Waals surface area contributed by atoms with Gasteiger partial charge in [-0.3, -0.25) is 14.4 Å². The molecule has 0 aliphatic heterocycles. The second kappa shape index (κ2) is 11.1. The van der Waals surface area contributed by atoms with E-state index in [-0.39, 0.29) is 24.0 Å². The maximum absolute atomic E-state index is 13.3. The number of ether oxygens (including phenoxy) is 2. The van der Waals surface area contributed by atoms with Crippen LogP contribution in [0, 0.1) is 5.92 Å². The van der Waals surface area contributed by atoms with Crippen LogP contribution in [0.4, 0.5) is 0 Å². The van der Waals surface area contributed by atoms with Crippen molar-refractivity contribution in [3.05, 3.63) is 83.6 Å². The molecule has 4 aromatic rings. The Bertz CT molecular complexity index is 1470. The summed E-state index contributed by atoms with van der Waals surface area (Å²) < 4.78 is 11.4. The first kappa shape index (κ1) is 25.6. The minimum atomic E-state index is -0.968. The highest BCUT2D eigenvalue weighted by molar-refractivity contribution is 6.30. The second-order valence-corrected chi connectivity index (χ2v) is 9.79. The van der Waals surface area contributed by atoms with E-state index in [1.807, 2.05) is 48.5 Å². The number of ketones is 2. The topological polar surface area (TPSA) is 82.6 Å². The number of Topliss-reactive ketones (excluding diaryl/α,β-unsaturated/α-hetero) is 2. The van der Waals surface area contributed by atoms with Crippen molar-refractivity contribution in [1.82, 2.24) is 4.98 Å². The number of nitrogens with zero attached hydrogens (tertiary/aromatic N) is 1. The molecule has 3 aromatic carbocycles. The molecule has 6 nitrogen and oxygen atoms in total. The summed E-state index contributed by atoms with van der Waals surface area (Å²) >= 11 is 0. The maximum atomic E-state index is 13.3. The summed E-state index contributed by atoms with van der Waals surface area (Å²) in [5.74, 6) is -0.693. The van der Waals surface area contributed by atoms with Gasteiger partial charge in [-0.25, -0.2) is 4.98 Å². The molecular formula is C32H31NO5. The van der Waals surface area contributed by atoms with Gasteiger partial charge < -0.3 is 9.47 Å². The van der Waals surface area contributed by atoms with Crippen molar-refractivity contribution < 1.29 is 23.9 Å². The number of benzene rings is 3. The van der Waals surface area contributed by atoms with Gasteiger partial charge in [0.1, 0.15) is 17.2 Å². The number of carbonyl (C=O) groups is 3. The van der Waals surface area contributed by atoms with Crippen LogP contribution in [-0.2, 0) is 9.53 Å². The van der Waals surface area contributed by atoms with Gasteiger partial charge in [-0.2, -0.15) is 0 Å². The van der Waals surface area contributed by atoms with Gasteiger partial charge in [0.05, 0.1) is 18.9 Å². The van der Waals surface area contributed by atoms with E-state index in [0.717, 1.165) is 29.0 Å². The number of rotatable bonds is 10. The van der Waals surface area contributed by atoms with Gasteiger partial charge in [-0.05, 0) is 47.4 Å². The van der Waals surface area contributed by atoms with E-state index in [4.69, 9.17) is 14.5 Å². The fourth-order valence-corrected chi connectivity index (χ4v) is 4.96. The van der Waals surface area contributed by atoms with E-state index in [2.05, 4.69) is 13.8 Å². The minimum Gasteiger partial charge on any atom is -0.491 e. The van der Waals surface area contributed by atoms with E-state index < -0.39 is 5.92 Å². The molecule has 0 atom stereocenters. The molecule has 0 spiro atoms. The summed E-state index contributed by atoms with van der Waals surface area (Å²) in [5, 5.41) is 2.70. The van der Waals surface area contributed by atoms with Gasteiger partial charge in [-0.15, -0.1) is 0 Å². The first-order valence-electron chi connectivity index (χ1n) is 13.3. The van der Waals surface area contributed by atoms with Gasteiger partial charge >= 0.3 is 5.97 Å².